The van der Waals surface area contributed by atoms with Gasteiger partial charge in [-0.3, -0.25) is 15.0 Å². The van der Waals surface area contributed by atoms with Crippen molar-refractivity contribution in [3.8, 4) is 28.7 Å². The van der Waals surface area contributed by atoms with Gasteiger partial charge in [-0.15, -0.1) is 11.8 Å². The van der Waals surface area contributed by atoms with Crippen molar-refractivity contribution in [3.63, 3.8) is 0 Å². The van der Waals surface area contributed by atoms with Crippen LogP contribution in [-0.4, -0.2) is 76.5 Å². The number of carbonyl (C=O) groups is 2. The number of phenolic OH excluding ortho intramolecular Hbond substituents is 1. The molecule has 7 atom stereocenters. The molecule has 10 rings (SSSR count). The number of piperazine rings is 1. The van der Waals surface area contributed by atoms with Crippen LogP contribution in [-0.2, 0) is 37.6 Å². The van der Waals surface area contributed by atoms with E-state index in [-0.39, 0.29) is 24.0 Å². The molecule has 3 aromatic carbocycles. The molecule has 6 aliphatic rings. The Labute approximate surface area is 322 Å². The van der Waals surface area contributed by atoms with Crippen molar-refractivity contribution in [1.29, 1.82) is 0 Å². The highest BCUT2D eigenvalue weighted by Gasteiger charge is 2.69. The van der Waals surface area contributed by atoms with E-state index in [2.05, 4.69) is 34.7 Å². The SMILES string of the molecule is CC[C@H]1c2c3c(c(C)c(OC(C)=O)c2[C@]2(OC(=O)[C@]4(CS2)NCCc2c4[nH]c4ccc(C)cc24)C2[C@H]4N[C@H](Cc5cc(C)c(OC)c(O)c54)[C@H](O)N21)OCO3. The van der Waals surface area contributed by atoms with Gasteiger partial charge in [0, 0.05) is 52.9 Å². The maximum atomic E-state index is 15.4. The molecule has 6 aliphatic heterocycles. The number of aryl methyl sites for hydroxylation is 2. The number of aromatic amines is 1. The third-order valence-corrected chi connectivity index (χ3v) is 14.2. The standard InChI is InChI=1S/C41H44N4O9S/c1-7-26-28-29(33(53-20(5)46)19(4)34-35(28)52-16-51-34)41(37-30-27-21(13-18(3)32(50-6)31(27)47)14-25(43-30)38(48)45(26)37)54-39(49)40(15-55-41)36-22(10-11-42-40)23-12-17(2)8-9-24(23)44-36/h8-9,12-13,25-26,30,37-38,42-44,47-48H,7,10-11,14-16H2,1-6H3/t25-,26+,30+,37?,38+,40-,41-/m1/s1. The zero-order valence-electron chi connectivity index (χ0n) is 31.5. The second-order valence-electron chi connectivity index (χ2n) is 15.7. The molecule has 2 saturated heterocycles. The lowest BCUT2D eigenvalue weighted by Crippen LogP contribution is -2.74. The number of hydrogen-bond donors (Lipinski definition) is 5. The van der Waals surface area contributed by atoms with Gasteiger partial charge in [0.15, 0.2) is 28.5 Å². The van der Waals surface area contributed by atoms with Gasteiger partial charge in [-0.05, 0) is 68.9 Å². The summed E-state index contributed by atoms with van der Waals surface area (Å²) in [4.78, 5) is 32.4. The second-order valence-corrected chi connectivity index (χ2v) is 16.9. The zero-order valence-corrected chi connectivity index (χ0v) is 32.4. The number of carbonyl (C=O) groups excluding carboxylic acids is 2. The van der Waals surface area contributed by atoms with E-state index >= 15 is 4.79 Å². The Morgan fingerprint density at radius 3 is 2.67 bits per heavy atom. The summed E-state index contributed by atoms with van der Waals surface area (Å²) in [6, 6.07) is 5.86. The van der Waals surface area contributed by atoms with E-state index < -0.39 is 52.8 Å². The van der Waals surface area contributed by atoms with Gasteiger partial charge >= 0.3 is 11.9 Å². The summed E-state index contributed by atoms with van der Waals surface area (Å²) in [6.07, 6.45) is 0.651. The number of rotatable bonds is 3. The van der Waals surface area contributed by atoms with Crippen molar-refractivity contribution in [2.24, 2.45) is 0 Å². The minimum Gasteiger partial charge on any atom is -0.504 e. The number of nitrogens with zero attached hydrogens (tertiary/aromatic N) is 1. The fraction of sp³-hybridized carbons (Fsp3) is 0.463. The molecule has 288 valence electrons. The Kier molecular flexibility index (Phi) is 7.64. The highest BCUT2D eigenvalue weighted by Crippen LogP contribution is 2.67. The Hall–Kier alpha value is -4.47. The normalized spacial score (nSPS) is 30.1. The average Bonchev–Trinajstić information content (AvgIpc) is 3.80. The van der Waals surface area contributed by atoms with E-state index in [1.165, 1.54) is 25.8 Å². The topological polar surface area (TPSA) is 164 Å². The van der Waals surface area contributed by atoms with Gasteiger partial charge in [-0.2, -0.15) is 0 Å². The molecule has 14 heteroatoms. The molecule has 2 bridgehead atoms. The lowest BCUT2D eigenvalue weighted by Gasteiger charge is -2.63. The number of methoxy groups -OCH3 is 1. The molecule has 0 aliphatic carbocycles. The van der Waals surface area contributed by atoms with Crippen molar-refractivity contribution >= 4 is 34.6 Å². The summed E-state index contributed by atoms with van der Waals surface area (Å²) in [7, 11) is 1.53. The van der Waals surface area contributed by atoms with Crippen molar-refractivity contribution in [2.75, 3.05) is 26.2 Å². The average molecular weight is 769 g/mol. The lowest BCUT2D eigenvalue weighted by atomic mass is 9.72. The first-order chi connectivity index (χ1) is 26.4. The number of ether oxygens (including phenoxy) is 5. The number of benzene rings is 3. The van der Waals surface area contributed by atoms with Crippen LogP contribution in [0.3, 0.4) is 0 Å². The summed E-state index contributed by atoms with van der Waals surface area (Å²) in [5.74, 6) is 0.701. The third kappa shape index (κ3) is 4.51. The van der Waals surface area contributed by atoms with Gasteiger partial charge in [-0.1, -0.05) is 24.6 Å². The van der Waals surface area contributed by atoms with Gasteiger partial charge in [-0.25, -0.2) is 4.79 Å². The summed E-state index contributed by atoms with van der Waals surface area (Å²) in [5.41, 5.74) is 6.63. The van der Waals surface area contributed by atoms with Crippen LogP contribution in [0.25, 0.3) is 10.9 Å². The molecule has 0 saturated carbocycles. The highest BCUT2D eigenvalue weighted by molar-refractivity contribution is 8.00. The molecule has 4 aromatic rings. The Bertz CT molecular complexity index is 2360. The van der Waals surface area contributed by atoms with Crippen LogP contribution in [0, 0.1) is 20.8 Å². The van der Waals surface area contributed by atoms with Crippen molar-refractivity contribution in [1.82, 2.24) is 20.5 Å². The van der Waals surface area contributed by atoms with E-state index in [0.29, 0.717) is 58.9 Å². The number of fused-ring (bicyclic) bond motifs is 15. The van der Waals surface area contributed by atoms with Crippen LogP contribution in [0.5, 0.6) is 28.7 Å². The van der Waals surface area contributed by atoms with E-state index in [1.807, 2.05) is 37.8 Å². The molecule has 1 unspecified atom stereocenters. The smallest absolute Gasteiger partial charge is 0.335 e. The van der Waals surface area contributed by atoms with Gasteiger partial charge in [0.1, 0.15) is 12.0 Å². The maximum Gasteiger partial charge on any atom is 0.335 e. The fourth-order valence-corrected chi connectivity index (χ4v) is 12.2. The first-order valence-corrected chi connectivity index (χ1v) is 19.9. The first-order valence-electron chi connectivity index (χ1n) is 18.9. The predicted octanol–water partition coefficient (Wildman–Crippen LogP) is 4.67. The minimum absolute atomic E-state index is 0.00331. The Morgan fingerprint density at radius 2 is 1.93 bits per heavy atom. The predicted molar refractivity (Wildman–Crippen MR) is 203 cm³/mol. The third-order valence-electron chi connectivity index (χ3n) is 12.7. The molecule has 13 nitrogen and oxygen atoms in total. The lowest BCUT2D eigenvalue weighted by molar-refractivity contribution is -0.197. The number of aromatic hydroxyl groups is 1. The number of nitrogens with one attached hydrogen (secondary N) is 3. The Balaban J connectivity index is 1.25. The van der Waals surface area contributed by atoms with Crippen LogP contribution in [0.1, 0.15) is 82.6 Å². The molecule has 2 fully saturated rings. The van der Waals surface area contributed by atoms with Gasteiger partial charge in [0.25, 0.3) is 0 Å². The number of aliphatic hydroxyl groups excluding tert-OH is 1. The number of aliphatic hydroxyl groups is 1. The number of thioether (sulfide) groups is 1. The quantitative estimate of drug-likeness (QED) is 0.145. The summed E-state index contributed by atoms with van der Waals surface area (Å²) >= 11 is 1.43. The monoisotopic (exact) mass is 768 g/mol. The van der Waals surface area contributed by atoms with Crippen molar-refractivity contribution in [3.05, 3.63) is 74.5 Å². The van der Waals surface area contributed by atoms with E-state index in [4.69, 9.17) is 23.7 Å². The van der Waals surface area contributed by atoms with Crippen LogP contribution < -0.4 is 29.6 Å². The Morgan fingerprint density at radius 1 is 1.13 bits per heavy atom. The van der Waals surface area contributed by atoms with Crippen LogP contribution in [0.2, 0.25) is 0 Å². The van der Waals surface area contributed by atoms with Crippen LogP contribution >= 0.6 is 11.8 Å². The van der Waals surface area contributed by atoms with Crippen molar-refractivity contribution < 1.29 is 43.5 Å². The number of phenols is 1. The molecular formula is C41H44N4O9S. The highest BCUT2D eigenvalue weighted by atomic mass is 32.2. The summed E-state index contributed by atoms with van der Waals surface area (Å²) in [6.45, 7) is 9.64. The van der Waals surface area contributed by atoms with Gasteiger partial charge in [0.2, 0.25) is 11.7 Å². The maximum absolute atomic E-state index is 15.4. The van der Waals surface area contributed by atoms with E-state index in [1.54, 1.807) is 0 Å². The van der Waals surface area contributed by atoms with Crippen molar-refractivity contribution in [2.45, 2.75) is 94.7 Å². The van der Waals surface area contributed by atoms with E-state index in [9.17, 15) is 15.0 Å². The second kappa shape index (κ2) is 12.0. The molecule has 0 radical (unpaired) electrons. The number of esters is 2. The molecular weight excluding hydrogens is 725 g/mol. The van der Waals surface area contributed by atoms with Gasteiger partial charge < -0.3 is 44.2 Å². The summed E-state index contributed by atoms with van der Waals surface area (Å²) in [5, 5.41) is 32.8. The molecule has 2 spiro atoms. The van der Waals surface area contributed by atoms with E-state index in [0.717, 1.165) is 45.3 Å². The molecule has 0 amide bonds. The molecule has 5 N–H and O–H groups in total. The largest absolute Gasteiger partial charge is 0.504 e. The molecule has 55 heavy (non-hydrogen) atoms. The first kappa shape index (κ1) is 35.0. The minimum atomic E-state index is -1.61. The van der Waals surface area contributed by atoms with Gasteiger partial charge in [0.05, 0.1) is 36.5 Å². The van der Waals surface area contributed by atoms with Crippen LogP contribution in [0.15, 0.2) is 24.3 Å². The summed E-state index contributed by atoms with van der Waals surface area (Å²) < 4.78 is 31.3. The number of hydrogen-bond acceptors (Lipinski definition) is 13. The molecule has 7 heterocycles. The number of H-pyrrole nitrogens is 1. The zero-order chi connectivity index (χ0) is 38.3. The van der Waals surface area contributed by atoms with Crippen LogP contribution in [0.4, 0.5) is 0 Å². The molecule has 1 aromatic heterocycles. The fourth-order valence-electron chi connectivity index (χ4n) is 10.5. The number of aromatic nitrogens is 1.